The lowest BCUT2D eigenvalue weighted by Gasteiger charge is -2.41. The van der Waals surface area contributed by atoms with Gasteiger partial charge in [-0.25, -0.2) is 4.79 Å². The number of rotatable bonds is 7. The Hall–Kier alpha value is -3.02. The Labute approximate surface area is 189 Å². The van der Waals surface area contributed by atoms with Gasteiger partial charge in [-0.15, -0.1) is 0 Å². The van der Waals surface area contributed by atoms with Gasteiger partial charge in [-0.3, -0.25) is 4.98 Å². The molecule has 0 saturated carbocycles. The molecule has 0 radical (unpaired) electrons. The molecule has 2 unspecified atom stereocenters. The fourth-order valence-electron chi connectivity index (χ4n) is 4.62. The maximum Gasteiger partial charge on any atom is 0.348 e. The molecule has 0 amide bonds. The summed E-state index contributed by atoms with van der Waals surface area (Å²) in [5.41, 5.74) is 0.411. The number of benzene rings is 2. The van der Waals surface area contributed by atoms with Crippen molar-refractivity contribution in [3.8, 4) is 0 Å². The molecule has 1 aromatic heterocycles. The van der Waals surface area contributed by atoms with Gasteiger partial charge < -0.3 is 14.3 Å². The molecule has 2 atom stereocenters. The van der Waals surface area contributed by atoms with E-state index in [2.05, 4.69) is 18.1 Å². The van der Waals surface area contributed by atoms with Gasteiger partial charge in [0.2, 0.25) is 5.60 Å². The summed E-state index contributed by atoms with van der Waals surface area (Å²) >= 11 is 0. The van der Waals surface area contributed by atoms with Crippen LogP contribution in [0, 0.1) is 0 Å². The zero-order chi connectivity index (χ0) is 22.4. The standard InChI is InChI=1S/C27H31N2O3/c1-29(19-16-22-10-8-17-28-20-22)18-9-15-25(21-29)32-26(30)27(31,23-11-4-2-5-12-23)24-13-6-3-7-14-24/h2-8,10-14,17,20,25,31H,9,15-16,18-19,21H2,1H3/q+1. The molecular weight excluding hydrogens is 400 g/mol. The van der Waals surface area contributed by atoms with Gasteiger partial charge >= 0.3 is 5.97 Å². The van der Waals surface area contributed by atoms with E-state index in [0.29, 0.717) is 11.1 Å². The van der Waals surface area contributed by atoms with Gasteiger partial charge in [0.15, 0.2) is 6.10 Å². The van der Waals surface area contributed by atoms with Crippen LogP contribution < -0.4 is 0 Å². The van der Waals surface area contributed by atoms with Crippen molar-refractivity contribution >= 4 is 5.97 Å². The molecule has 166 valence electrons. The van der Waals surface area contributed by atoms with Gasteiger partial charge in [0.25, 0.3) is 0 Å². The minimum absolute atomic E-state index is 0.228. The zero-order valence-corrected chi connectivity index (χ0v) is 18.6. The highest BCUT2D eigenvalue weighted by atomic mass is 16.6. The average molecular weight is 432 g/mol. The van der Waals surface area contributed by atoms with Crippen molar-refractivity contribution in [3.63, 3.8) is 0 Å². The molecule has 1 fully saturated rings. The molecule has 2 heterocycles. The largest absolute Gasteiger partial charge is 0.454 e. The summed E-state index contributed by atoms with van der Waals surface area (Å²) in [6.45, 7) is 2.75. The lowest BCUT2D eigenvalue weighted by Crippen LogP contribution is -2.55. The molecular formula is C27H31N2O3+. The molecule has 4 rings (SSSR count). The van der Waals surface area contributed by atoms with Gasteiger partial charge in [-0.1, -0.05) is 66.7 Å². The first kappa shape index (κ1) is 22.2. The van der Waals surface area contributed by atoms with E-state index in [4.69, 9.17) is 4.74 Å². The Morgan fingerprint density at radius 2 is 1.72 bits per heavy atom. The number of aliphatic hydroxyl groups is 1. The third-order valence-corrected chi connectivity index (χ3v) is 6.48. The summed E-state index contributed by atoms with van der Waals surface area (Å²) in [4.78, 5) is 17.6. The normalized spacial score (nSPS) is 21.1. The monoisotopic (exact) mass is 431 g/mol. The van der Waals surface area contributed by atoms with Crippen molar-refractivity contribution in [2.24, 2.45) is 0 Å². The van der Waals surface area contributed by atoms with Crippen molar-refractivity contribution in [2.75, 3.05) is 26.7 Å². The molecule has 2 aromatic carbocycles. The second kappa shape index (κ2) is 9.63. The number of nitrogens with zero attached hydrogens (tertiary/aromatic N) is 2. The highest BCUT2D eigenvalue weighted by Crippen LogP contribution is 2.32. The lowest BCUT2D eigenvalue weighted by molar-refractivity contribution is -0.916. The van der Waals surface area contributed by atoms with Crippen molar-refractivity contribution in [1.82, 2.24) is 4.98 Å². The van der Waals surface area contributed by atoms with E-state index in [1.165, 1.54) is 5.56 Å². The van der Waals surface area contributed by atoms with Gasteiger partial charge in [-0.05, 0) is 29.2 Å². The van der Waals surface area contributed by atoms with Crippen molar-refractivity contribution in [1.29, 1.82) is 0 Å². The minimum Gasteiger partial charge on any atom is -0.454 e. The van der Waals surface area contributed by atoms with Crippen molar-refractivity contribution < 1.29 is 19.1 Å². The number of quaternary nitrogens is 1. The van der Waals surface area contributed by atoms with E-state index in [9.17, 15) is 9.90 Å². The number of hydrogen-bond acceptors (Lipinski definition) is 4. The molecule has 1 N–H and O–H groups in total. The van der Waals surface area contributed by atoms with E-state index in [1.807, 2.05) is 48.7 Å². The van der Waals surface area contributed by atoms with E-state index >= 15 is 0 Å². The molecule has 3 aromatic rings. The Bertz CT molecular complexity index is 971. The Kier molecular flexibility index (Phi) is 6.68. The number of likely N-dealkylation sites (tertiary alicyclic amines) is 1. The predicted octanol–water partition coefficient (Wildman–Crippen LogP) is 3.71. The van der Waals surface area contributed by atoms with Gasteiger partial charge in [0.1, 0.15) is 6.54 Å². The maximum atomic E-state index is 13.4. The smallest absolute Gasteiger partial charge is 0.348 e. The molecule has 5 nitrogen and oxygen atoms in total. The van der Waals surface area contributed by atoms with Crippen LogP contribution in [0.2, 0.25) is 0 Å². The predicted molar refractivity (Wildman–Crippen MR) is 124 cm³/mol. The Balaban J connectivity index is 1.49. The summed E-state index contributed by atoms with van der Waals surface area (Å²) in [6, 6.07) is 22.2. The van der Waals surface area contributed by atoms with Crippen molar-refractivity contribution in [2.45, 2.75) is 31.0 Å². The van der Waals surface area contributed by atoms with E-state index in [1.54, 1.807) is 30.5 Å². The number of aromatic nitrogens is 1. The van der Waals surface area contributed by atoms with Crippen LogP contribution >= 0.6 is 0 Å². The zero-order valence-electron chi connectivity index (χ0n) is 18.6. The number of hydrogen-bond donors (Lipinski definition) is 1. The fraction of sp³-hybridized carbons (Fsp3) is 0.333. The highest BCUT2D eigenvalue weighted by Gasteiger charge is 2.44. The average Bonchev–Trinajstić information content (AvgIpc) is 2.84. The van der Waals surface area contributed by atoms with Crippen LogP contribution in [0.5, 0.6) is 0 Å². The summed E-state index contributed by atoms with van der Waals surface area (Å²) in [5.74, 6) is -0.611. The minimum atomic E-state index is -1.83. The van der Waals surface area contributed by atoms with Crippen LogP contribution in [0.1, 0.15) is 29.5 Å². The molecule has 1 saturated heterocycles. The van der Waals surface area contributed by atoms with Crippen LogP contribution in [-0.4, -0.2) is 53.3 Å². The molecule has 1 aliphatic rings. The second-order valence-electron chi connectivity index (χ2n) is 8.97. The third-order valence-electron chi connectivity index (χ3n) is 6.48. The molecule has 0 bridgehead atoms. The summed E-state index contributed by atoms with van der Waals surface area (Å²) in [5, 5.41) is 11.6. The fourth-order valence-corrected chi connectivity index (χ4v) is 4.62. The summed E-state index contributed by atoms with van der Waals surface area (Å²) in [6.07, 6.45) is 6.20. The number of ether oxygens (including phenoxy) is 1. The number of carbonyl (C=O) groups excluding carboxylic acids is 1. The maximum absolute atomic E-state index is 13.4. The number of piperidine rings is 1. The quantitative estimate of drug-likeness (QED) is 0.458. The first-order valence-corrected chi connectivity index (χ1v) is 11.3. The van der Waals surface area contributed by atoms with Crippen LogP contribution in [0.25, 0.3) is 0 Å². The van der Waals surface area contributed by atoms with E-state index < -0.39 is 11.6 Å². The number of carbonyl (C=O) groups is 1. The SMILES string of the molecule is C[N+]1(CCc2cccnc2)CCCC(OC(=O)C(O)(c2ccccc2)c2ccccc2)C1. The van der Waals surface area contributed by atoms with E-state index in [0.717, 1.165) is 43.4 Å². The lowest BCUT2D eigenvalue weighted by atomic mass is 9.86. The van der Waals surface area contributed by atoms with Crippen molar-refractivity contribution in [3.05, 3.63) is 102 Å². The second-order valence-corrected chi connectivity index (χ2v) is 8.97. The van der Waals surface area contributed by atoms with Gasteiger partial charge in [-0.2, -0.15) is 0 Å². The summed E-state index contributed by atoms with van der Waals surface area (Å²) < 4.78 is 6.83. The summed E-state index contributed by atoms with van der Waals surface area (Å²) in [7, 11) is 2.22. The van der Waals surface area contributed by atoms with E-state index in [-0.39, 0.29) is 6.10 Å². The van der Waals surface area contributed by atoms with Gasteiger partial charge in [0.05, 0.1) is 20.1 Å². The highest BCUT2D eigenvalue weighted by molar-refractivity contribution is 5.85. The number of esters is 1. The first-order valence-electron chi connectivity index (χ1n) is 11.3. The molecule has 5 heteroatoms. The van der Waals surface area contributed by atoms with Crippen LogP contribution in [0.15, 0.2) is 85.2 Å². The van der Waals surface area contributed by atoms with Crippen LogP contribution in [-0.2, 0) is 21.6 Å². The first-order chi connectivity index (χ1) is 15.5. The van der Waals surface area contributed by atoms with Gasteiger partial charge in [0, 0.05) is 25.2 Å². The Morgan fingerprint density at radius 1 is 1.06 bits per heavy atom. The third kappa shape index (κ3) is 4.90. The molecule has 0 spiro atoms. The topological polar surface area (TPSA) is 59.4 Å². The molecule has 0 aliphatic carbocycles. The molecule has 32 heavy (non-hydrogen) atoms. The Morgan fingerprint density at radius 3 is 2.31 bits per heavy atom. The number of pyridine rings is 1. The number of likely N-dealkylation sites (N-methyl/N-ethyl adjacent to an activating group) is 1. The van der Waals surface area contributed by atoms with Crippen LogP contribution in [0.3, 0.4) is 0 Å². The molecule has 1 aliphatic heterocycles. The van der Waals surface area contributed by atoms with Crippen LogP contribution in [0.4, 0.5) is 0 Å².